The summed E-state index contributed by atoms with van der Waals surface area (Å²) in [7, 11) is 0. The predicted molar refractivity (Wildman–Crippen MR) is 144 cm³/mol. The number of hydrogen-bond acceptors (Lipinski definition) is 6. The molecule has 7 nitrogen and oxygen atoms in total. The maximum absolute atomic E-state index is 11.0. The molecular formula is C27H18IN5O2. The van der Waals surface area contributed by atoms with Crippen LogP contribution in [0.3, 0.4) is 0 Å². The van der Waals surface area contributed by atoms with Crippen molar-refractivity contribution >= 4 is 62.2 Å². The van der Waals surface area contributed by atoms with Crippen LogP contribution in [0.4, 0.5) is 11.5 Å². The monoisotopic (exact) mass is 571 g/mol. The van der Waals surface area contributed by atoms with Crippen molar-refractivity contribution in [2.45, 2.75) is 4.05 Å². The van der Waals surface area contributed by atoms with E-state index >= 15 is 0 Å². The SMILES string of the molecule is O=Cc1ccc(-c2ccc3c(N(c4ccc5[nH]ncc5c4)C(I)c4ccccc4)ncnc3c2)o1. The van der Waals surface area contributed by atoms with Crippen molar-refractivity contribution in [1.82, 2.24) is 20.2 Å². The van der Waals surface area contributed by atoms with E-state index in [0.717, 1.165) is 44.4 Å². The van der Waals surface area contributed by atoms with Crippen molar-refractivity contribution in [3.05, 3.63) is 103 Å². The number of benzene rings is 3. The number of H-pyrrole nitrogens is 1. The van der Waals surface area contributed by atoms with Crippen LogP contribution < -0.4 is 4.90 Å². The van der Waals surface area contributed by atoms with E-state index in [1.807, 2.05) is 48.7 Å². The molecule has 1 N–H and O–H groups in total. The first-order valence-corrected chi connectivity index (χ1v) is 12.2. The van der Waals surface area contributed by atoms with Gasteiger partial charge in [-0.25, -0.2) is 9.97 Å². The van der Waals surface area contributed by atoms with Gasteiger partial charge >= 0.3 is 0 Å². The molecule has 0 saturated carbocycles. The molecule has 3 heterocycles. The van der Waals surface area contributed by atoms with Gasteiger partial charge in [-0.05, 0) is 48.0 Å². The highest BCUT2D eigenvalue weighted by atomic mass is 127. The molecule has 0 saturated heterocycles. The fraction of sp³-hybridized carbons (Fsp3) is 0.0370. The number of nitrogens with one attached hydrogen (secondary N) is 1. The molecule has 170 valence electrons. The lowest BCUT2D eigenvalue weighted by atomic mass is 10.1. The summed E-state index contributed by atoms with van der Waals surface area (Å²) < 4.78 is 5.58. The van der Waals surface area contributed by atoms with Gasteiger partial charge in [-0.1, -0.05) is 59.0 Å². The molecular weight excluding hydrogens is 553 g/mol. The molecule has 1 unspecified atom stereocenters. The summed E-state index contributed by atoms with van der Waals surface area (Å²) in [5, 5.41) is 9.12. The highest BCUT2D eigenvalue weighted by molar-refractivity contribution is 14.1. The minimum absolute atomic E-state index is 0.0313. The molecule has 3 aromatic heterocycles. The quantitative estimate of drug-likeness (QED) is 0.102. The number of aldehydes is 1. The van der Waals surface area contributed by atoms with Crippen molar-refractivity contribution in [2.24, 2.45) is 0 Å². The van der Waals surface area contributed by atoms with Crippen LogP contribution >= 0.6 is 22.6 Å². The number of aromatic amines is 1. The molecule has 0 aliphatic rings. The summed E-state index contributed by atoms with van der Waals surface area (Å²) in [5.41, 5.74) is 4.75. The predicted octanol–water partition coefficient (Wildman–Crippen LogP) is 6.85. The van der Waals surface area contributed by atoms with Crippen molar-refractivity contribution in [3.63, 3.8) is 0 Å². The van der Waals surface area contributed by atoms with Crippen LogP contribution in [0, 0.1) is 0 Å². The molecule has 0 spiro atoms. The maximum atomic E-state index is 11.0. The third kappa shape index (κ3) is 3.95. The van der Waals surface area contributed by atoms with Crippen LogP contribution in [0.25, 0.3) is 33.1 Å². The van der Waals surface area contributed by atoms with Crippen molar-refractivity contribution < 1.29 is 9.21 Å². The summed E-state index contributed by atoms with van der Waals surface area (Å²) in [6.07, 6.45) is 4.10. The minimum atomic E-state index is -0.0313. The van der Waals surface area contributed by atoms with Crippen LogP contribution in [-0.4, -0.2) is 26.5 Å². The van der Waals surface area contributed by atoms with Crippen LogP contribution in [0.5, 0.6) is 0 Å². The summed E-state index contributed by atoms with van der Waals surface area (Å²) in [6.45, 7) is 0. The van der Waals surface area contributed by atoms with Gasteiger partial charge in [-0.15, -0.1) is 0 Å². The summed E-state index contributed by atoms with van der Waals surface area (Å²) in [6, 6.07) is 25.9. The Labute approximate surface area is 214 Å². The Kier molecular flexibility index (Phi) is 5.49. The van der Waals surface area contributed by atoms with Crippen molar-refractivity contribution in [3.8, 4) is 11.3 Å². The number of halogens is 1. The van der Waals surface area contributed by atoms with Crippen molar-refractivity contribution in [2.75, 3.05) is 4.90 Å². The summed E-state index contributed by atoms with van der Waals surface area (Å²) >= 11 is 2.45. The topological polar surface area (TPSA) is 87.9 Å². The van der Waals surface area contributed by atoms with Gasteiger partial charge in [0.1, 0.15) is 22.0 Å². The molecule has 0 bridgehead atoms. The van der Waals surface area contributed by atoms with Gasteiger partial charge in [0.25, 0.3) is 0 Å². The fourth-order valence-corrected chi connectivity index (χ4v) is 5.16. The first-order valence-electron chi connectivity index (χ1n) is 10.9. The van der Waals surface area contributed by atoms with E-state index < -0.39 is 0 Å². The number of anilines is 2. The molecule has 0 aliphatic heterocycles. The van der Waals surface area contributed by atoms with Crippen LogP contribution in [0.1, 0.15) is 20.2 Å². The number of carbonyl (C=O) groups excluding carboxylic acids is 1. The normalized spacial score (nSPS) is 12.1. The van der Waals surface area contributed by atoms with E-state index in [0.29, 0.717) is 17.8 Å². The van der Waals surface area contributed by atoms with Crippen molar-refractivity contribution in [1.29, 1.82) is 0 Å². The zero-order chi connectivity index (χ0) is 23.8. The highest BCUT2D eigenvalue weighted by Gasteiger charge is 2.24. The standard InChI is InChI=1S/C27H18IN5O2/c28-26(17-4-2-1-3-5-17)33(20-7-10-23-19(12-20)14-31-32-23)27-22-9-6-18(13-24(22)29-16-30-27)25-11-8-21(15-34)35-25/h1-16,26H,(H,31,32). The van der Waals surface area contributed by atoms with E-state index in [9.17, 15) is 4.79 Å². The number of nitrogens with zero attached hydrogens (tertiary/aromatic N) is 4. The van der Waals surface area contributed by atoms with E-state index in [-0.39, 0.29) is 4.05 Å². The lowest BCUT2D eigenvalue weighted by Gasteiger charge is -2.30. The van der Waals surface area contributed by atoms with Gasteiger partial charge in [-0.2, -0.15) is 5.10 Å². The van der Waals surface area contributed by atoms with Crippen LogP contribution in [0.15, 0.2) is 95.8 Å². The molecule has 35 heavy (non-hydrogen) atoms. The van der Waals surface area contributed by atoms with E-state index in [1.165, 1.54) is 0 Å². The molecule has 6 rings (SSSR count). The number of alkyl halides is 1. The van der Waals surface area contributed by atoms with Gasteiger partial charge in [0.05, 0.1) is 17.2 Å². The van der Waals surface area contributed by atoms with Crippen LogP contribution in [0.2, 0.25) is 0 Å². The first kappa shape index (κ1) is 21.5. The van der Waals surface area contributed by atoms with Gasteiger partial charge in [0, 0.05) is 22.0 Å². The Balaban J connectivity index is 1.52. The van der Waals surface area contributed by atoms with Gasteiger partial charge in [-0.3, -0.25) is 9.89 Å². The number of hydrogen-bond donors (Lipinski definition) is 1. The Morgan fingerprint density at radius 2 is 1.86 bits per heavy atom. The molecule has 3 aromatic carbocycles. The van der Waals surface area contributed by atoms with E-state index in [1.54, 1.807) is 18.5 Å². The summed E-state index contributed by atoms with van der Waals surface area (Å²) in [5.74, 6) is 1.70. The summed E-state index contributed by atoms with van der Waals surface area (Å²) in [4.78, 5) is 22.5. The first-order chi connectivity index (χ1) is 17.2. The Bertz CT molecular complexity index is 1660. The third-order valence-corrected chi connectivity index (χ3v) is 7.15. The zero-order valence-electron chi connectivity index (χ0n) is 18.3. The smallest absolute Gasteiger partial charge is 0.185 e. The van der Waals surface area contributed by atoms with Crippen LogP contribution in [-0.2, 0) is 0 Å². The Hall–Kier alpha value is -4.05. The number of aromatic nitrogens is 4. The number of rotatable bonds is 6. The fourth-order valence-electron chi connectivity index (χ4n) is 4.16. The van der Waals surface area contributed by atoms with Gasteiger partial charge < -0.3 is 9.32 Å². The number of furan rings is 1. The molecule has 8 heteroatoms. The largest absolute Gasteiger partial charge is 0.453 e. The Morgan fingerprint density at radius 3 is 2.69 bits per heavy atom. The molecule has 0 radical (unpaired) electrons. The number of carbonyl (C=O) groups is 1. The zero-order valence-corrected chi connectivity index (χ0v) is 20.5. The average molecular weight is 571 g/mol. The van der Waals surface area contributed by atoms with E-state index in [2.05, 4.69) is 66.9 Å². The minimum Gasteiger partial charge on any atom is -0.453 e. The average Bonchev–Trinajstić information content (AvgIpc) is 3.58. The van der Waals surface area contributed by atoms with Gasteiger partial charge in [0.2, 0.25) is 0 Å². The highest BCUT2D eigenvalue weighted by Crippen LogP contribution is 2.42. The third-order valence-electron chi connectivity index (χ3n) is 5.87. The molecule has 1 atom stereocenters. The second-order valence-electron chi connectivity index (χ2n) is 8.01. The second-order valence-corrected chi connectivity index (χ2v) is 9.19. The lowest BCUT2D eigenvalue weighted by Crippen LogP contribution is -2.21. The maximum Gasteiger partial charge on any atom is 0.185 e. The molecule has 6 aromatic rings. The van der Waals surface area contributed by atoms with E-state index in [4.69, 9.17) is 9.40 Å². The molecule has 0 amide bonds. The van der Waals surface area contributed by atoms with Gasteiger partial charge in [0.15, 0.2) is 12.0 Å². The molecule has 0 aliphatic carbocycles. The number of fused-ring (bicyclic) bond motifs is 2. The molecule has 0 fully saturated rings. The lowest BCUT2D eigenvalue weighted by molar-refractivity contribution is 0.110. The Morgan fingerprint density at radius 1 is 0.971 bits per heavy atom. The second kappa shape index (κ2) is 8.95.